The second-order valence-corrected chi connectivity index (χ2v) is 8.06. The second-order valence-electron chi connectivity index (χ2n) is 5.85. The van der Waals surface area contributed by atoms with Gasteiger partial charge in [0.05, 0.1) is 11.9 Å². The Morgan fingerprint density at radius 1 is 1.18 bits per heavy atom. The number of morpholine rings is 1. The van der Waals surface area contributed by atoms with Crippen LogP contribution >= 0.6 is 0 Å². The molecule has 1 saturated carbocycles. The van der Waals surface area contributed by atoms with Gasteiger partial charge in [0.25, 0.3) is 0 Å². The number of aromatic nitrogens is 2. The molecule has 0 aromatic carbocycles. The lowest BCUT2D eigenvalue weighted by molar-refractivity contribution is -0.00504. The predicted molar refractivity (Wildman–Crippen MR) is 82.5 cm³/mol. The van der Waals surface area contributed by atoms with Crippen molar-refractivity contribution < 1.29 is 13.2 Å². The summed E-state index contributed by atoms with van der Waals surface area (Å²) in [4.78, 5) is 8.20. The van der Waals surface area contributed by atoms with Crippen LogP contribution in [-0.2, 0) is 14.8 Å². The van der Waals surface area contributed by atoms with Crippen LogP contribution in [-0.4, -0.2) is 47.6 Å². The molecule has 0 bridgehead atoms. The van der Waals surface area contributed by atoms with Gasteiger partial charge in [-0.1, -0.05) is 19.3 Å². The highest BCUT2D eigenvalue weighted by atomic mass is 32.2. The van der Waals surface area contributed by atoms with Gasteiger partial charge in [-0.3, -0.25) is 4.98 Å². The van der Waals surface area contributed by atoms with Crippen LogP contribution in [0, 0.1) is 0 Å². The Bertz CT molecular complexity index is 616. The van der Waals surface area contributed by atoms with Crippen LogP contribution in [0.1, 0.15) is 43.9 Å². The lowest BCUT2D eigenvalue weighted by Gasteiger charge is -2.35. The molecule has 2 aliphatic rings. The number of hydrogen-bond donors (Lipinski definition) is 1. The van der Waals surface area contributed by atoms with Crippen molar-refractivity contribution in [3.8, 4) is 0 Å². The summed E-state index contributed by atoms with van der Waals surface area (Å²) in [6.07, 6.45) is 7.26. The monoisotopic (exact) mass is 326 g/mol. The third-order valence-corrected chi connectivity index (χ3v) is 6.79. The minimum absolute atomic E-state index is 0.251. The number of nitrogen functional groups attached to an aromatic ring is 1. The fraction of sp³-hybridized carbons (Fsp3) is 0.714. The third-order valence-electron chi connectivity index (χ3n) is 4.42. The minimum Gasteiger partial charge on any atom is -0.382 e. The number of hydrogen-bond acceptors (Lipinski definition) is 6. The lowest BCUT2D eigenvalue weighted by Crippen LogP contribution is -2.47. The van der Waals surface area contributed by atoms with E-state index in [0.29, 0.717) is 24.7 Å². The number of sulfonamides is 1. The van der Waals surface area contributed by atoms with E-state index in [4.69, 9.17) is 10.5 Å². The molecule has 22 heavy (non-hydrogen) atoms. The highest BCUT2D eigenvalue weighted by Gasteiger charge is 2.37. The Morgan fingerprint density at radius 2 is 1.91 bits per heavy atom. The fourth-order valence-corrected chi connectivity index (χ4v) is 5.23. The molecule has 8 heteroatoms. The fourth-order valence-electron chi connectivity index (χ4n) is 3.20. The molecule has 3 rings (SSSR count). The second kappa shape index (κ2) is 6.47. The summed E-state index contributed by atoms with van der Waals surface area (Å²) in [5, 5.41) is -0.251. The molecule has 2 heterocycles. The summed E-state index contributed by atoms with van der Waals surface area (Å²) in [6, 6.07) is 0. The van der Waals surface area contributed by atoms with E-state index in [0.717, 1.165) is 32.1 Å². The number of nitrogens with zero attached hydrogens (tertiary/aromatic N) is 3. The highest BCUT2D eigenvalue weighted by Crippen LogP contribution is 2.30. The zero-order valence-electron chi connectivity index (χ0n) is 12.5. The first-order chi connectivity index (χ1) is 10.6. The van der Waals surface area contributed by atoms with Crippen LogP contribution in [0.5, 0.6) is 0 Å². The van der Waals surface area contributed by atoms with Crippen molar-refractivity contribution in [2.45, 2.75) is 43.5 Å². The summed E-state index contributed by atoms with van der Waals surface area (Å²) in [5.41, 5.74) is 6.35. The highest BCUT2D eigenvalue weighted by molar-refractivity contribution is 7.89. The Morgan fingerprint density at radius 3 is 2.64 bits per heavy atom. The van der Waals surface area contributed by atoms with Crippen molar-refractivity contribution in [1.29, 1.82) is 0 Å². The number of anilines is 1. The molecule has 0 amide bonds. The molecule has 122 valence electrons. The van der Waals surface area contributed by atoms with E-state index >= 15 is 0 Å². The molecule has 1 unspecified atom stereocenters. The Balaban J connectivity index is 1.76. The molecule has 1 aliphatic carbocycles. The molecule has 1 aromatic rings. The minimum atomic E-state index is -3.27. The van der Waals surface area contributed by atoms with Crippen LogP contribution in [0.3, 0.4) is 0 Å². The van der Waals surface area contributed by atoms with Crippen molar-refractivity contribution in [2.24, 2.45) is 0 Å². The van der Waals surface area contributed by atoms with Crippen LogP contribution in [0.15, 0.2) is 12.4 Å². The van der Waals surface area contributed by atoms with E-state index in [1.54, 1.807) is 10.5 Å². The van der Waals surface area contributed by atoms with Gasteiger partial charge in [0.1, 0.15) is 17.6 Å². The van der Waals surface area contributed by atoms with Gasteiger partial charge in [0.15, 0.2) is 0 Å². The van der Waals surface area contributed by atoms with Gasteiger partial charge >= 0.3 is 0 Å². The largest absolute Gasteiger partial charge is 0.382 e. The zero-order valence-corrected chi connectivity index (χ0v) is 13.3. The molecule has 2 fully saturated rings. The molecule has 1 aliphatic heterocycles. The van der Waals surface area contributed by atoms with Crippen LogP contribution < -0.4 is 5.73 Å². The Labute approximate surface area is 130 Å². The van der Waals surface area contributed by atoms with E-state index in [1.807, 2.05) is 0 Å². The molecule has 7 nitrogen and oxygen atoms in total. The normalized spacial score (nSPS) is 25.2. The van der Waals surface area contributed by atoms with Gasteiger partial charge < -0.3 is 10.5 Å². The Hall–Kier alpha value is -1.25. The molecule has 0 spiro atoms. The van der Waals surface area contributed by atoms with Gasteiger partial charge in [-0.15, -0.1) is 0 Å². The van der Waals surface area contributed by atoms with E-state index in [9.17, 15) is 8.42 Å². The van der Waals surface area contributed by atoms with Gasteiger partial charge in [-0.25, -0.2) is 13.4 Å². The summed E-state index contributed by atoms with van der Waals surface area (Å²) in [5.74, 6) is 0.296. The SMILES string of the molecule is Nc1nccnc1C1CN(S(=O)(=O)C2CCCCC2)CCO1. The summed E-state index contributed by atoms with van der Waals surface area (Å²) in [7, 11) is -3.27. The Kier molecular flexibility index (Phi) is 4.60. The van der Waals surface area contributed by atoms with E-state index in [-0.39, 0.29) is 11.8 Å². The summed E-state index contributed by atoms with van der Waals surface area (Å²) >= 11 is 0. The van der Waals surface area contributed by atoms with Crippen molar-refractivity contribution in [1.82, 2.24) is 14.3 Å². The van der Waals surface area contributed by atoms with E-state index in [1.165, 1.54) is 6.20 Å². The smallest absolute Gasteiger partial charge is 0.217 e. The van der Waals surface area contributed by atoms with Gasteiger partial charge in [0, 0.05) is 25.5 Å². The van der Waals surface area contributed by atoms with Crippen molar-refractivity contribution in [2.75, 3.05) is 25.4 Å². The van der Waals surface area contributed by atoms with Crippen molar-refractivity contribution in [3.63, 3.8) is 0 Å². The van der Waals surface area contributed by atoms with Gasteiger partial charge in [-0.05, 0) is 12.8 Å². The average molecular weight is 326 g/mol. The van der Waals surface area contributed by atoms with Crippen molar-refractivity contribution >= 4 is 15.8 Å². The average Bonchev–Trinajstić information content (AvgIpc) is 2.56. The number of rotatable bonds is 3. The first-order valence-electron chi connectivity index (χ1n) is 7.76. The molecular weight excluding hydrogens is 304 g/mol. The maximum Gasteiger partial charge on any atom is 0.217 e. The lowest BCUT2D eigenvalue weighted by atomic mass is 10.0. The number of ether oxygens (including phenoxy) is 1. The van der Waals surface area contributed by atoms with Gasteiger partial charge in [-0.2, -0.15) is 4.31 Å². The predicted octanol–water partition coefficient (Wildman–Crippen LogP) is 1.09. The van der Waals surface area contributed by atoms with Crippen molar-refractivity contribution in [3.05, 3.63) is 18.1 Å². The zero-order chi connectivity index (χ0) is 15.6. The van der Waals surface area contributed by atoms with E-state index in [2.05, 4.69) is 9.97 Å². The van der Waals surface area contributed by atoms with Crippen LogP contribution in [0.2, 0.25) is 0 Å². The van der Waals surface area contributed by atoms with Crippen LogP contribution in [0.4, 0.5) is 5.82 Å². The first-order valence-corrected chi connectivity index (χ1v) is 9.26. The topological polar surface area (TPSA) is 98.4 Å². The maximum absolute atomic E-state index is 12.8. The van der Waals surface area contributed by atoms with Crippen LogP contribution in [0.25, 0.3) is 0 Å². The molecule has 2 N–H and O–H groups in total. The maximum atomic E-state index is 12.8. The quantitative estimate of drug-likeness (QED) is 0.893. The summed E-state index contributed by atoms with van der Waals surface area (Å²) < 4.78 is 32.8. The first kappa shape index (κ1) is 15.6. The standard InChI is InChI=1S/C14H22N4O3S/c15-14-13(16-6-7-17-14)12-10-18(8-9-21-12)22(19,20)11-4-2-1-3-5-11/h6-7,11-12H,1-5,8-10H2,(H2,15,17). The summed E-state index contributed by atoms with van der Waals surface area (Å²) in [6.45, 7) is 1.02. The molecule has 1 aromatic heterocycles. The molecule has 1 saturated heterocycles. The van der Waals surface area contributed by atoms with Gasteiger partial charge in [0.2, 0.25) is 10.0 Å². The molecule has 0 radical (unpaired) electrons. The molecule has 1 atom stereocenters. The van der Waals surface area contributed by atoms with E-state index < -0.39 is 16.1 Å². The third kappa shape index (κ3) is 3.09. The molecular formula is C14H22N4O3S. The number of nitrogens with two attached hydrogens (primary N) is 1.